The van der Waals surface area contributed by atoms with Crippen LogP contribution >= 0.6 is 27.3 Å². The van der Waals surface area contributed by atoms with Gasteiger partial charge in [0.15, 0.2) is 4.80 Å². The number of benzene rings is 2. The maximum Gasteiger partial charge on any atom is 0.338 e. The molecule has 0 N–H and O–H groups in total. The van der Waals surface area contributed by atoms with Crippen LogP contribution in [0.15, 0.2) is 68.0 Å². The molecule has 0 spiro atoms. The number of para-hydroxylation sites is 1. The van der Waals surface area contributed by atoms with Crippen LogP contribution in [0.1, 0.15) is 44.9 Å². The lowest BCUT2D eigenvalue weighted by molar-refractivity contribution is -0.143. The number of rotatable bonds is 7. The van der Waals surface area contributed by atoms with Crippen molar-refractivity contribution >= 4 is 39.3 Å². The van der Waals surface area contributed by atoms with Crippen LogP contribution in [0, 0.1) is 0 Å². The summed E-state index contributed by atoms with van der Waals surface area (Å²) >= 11 is 4.78. The van der Waals surface area contributed by atoms with E-state index in [1.807, 2.05) is 43.3 Å². The molecular formula is C27H27BrN2O5S. The molecular weight excluding hydrogens is 544 g/mol. The molecule has 36 heavy (non-hydrogen) atoms. The first kappa shape index (κ1) is 25.9. The normalized spacial score (nSPS) is 15.5. The van der Waals surface area contributed by atoms with E-state index in [4.69, 9.17) is 14.2 Å². The van der Waals surface area contributed by atoms with Crippen LogP contribution in [0.4, 0.5) is 0 Å². The summed E-state index contributed by atoms with van der Waals surface area (Å²) in [5.41, 5.74) is 1.97. The number of aromatic nitrogens is 1. The summed E-state index contributed by atoms with van der Waals surface area (Å²) in [4.78, 5) is 32.3. The van der Waals surface area contributed by atoms with E-state index in [0.29, 0.717) is 44.3 Å². The Bertz CT molecular complexity index is 1520. The number of allylic oxidation sites excluding steroid dienone is 1. The lowest BCUT2D eigenvalue weighted by Gasteiger charge is -2.26. The number of ether oxygens (including phenoxy) is 3. The zero-order chi connectivity index (χ0) is 26.0. The van der Waals surface area contributed by atoms with Gasteiger partial charge in [-0.1, -0.05) is 45.5 Å². The molecule has 4 rings (SSSR count). The van der Waals surface area contributed by atoms with Gasteiger partial charge in [-0.25, -0.2) is 9.79 Å². The second-order valence-electron chi connectivity index (χ2n) is 8.39. The van der Waals surface area contributed by atoms with Crippen molar-refractivity contribution in [3.8, 4) is 11.5 Å². The number of carbonyl (C=O) groups excluding carboxylic acids is 1. The highest BCUT2D eigenvalue weighted by Gasteiger charge is 2.35. The van der Waals surface area contributed by atoms with Gasteiger partial charge in [0.2, 0.25) is 0 Å². The Labute approximate surface area is 221 Å². The minimum absolute atomic E-state index is 0.264. The second kappa shape index (κ2) is 10.8. The van der Waals surface area contributed by atoms with Crippen LogP contribution in [0.5, 0.6) is 11.5 Å². The lowest BCUT2D eigenvalue weighted by atomic mass is 9.95. The van der Waals surface area contributed by atoms with Crippen LogP contribution < -0.4 is 24.4 Å². The number of hydrogen-bond acceptors (Lipinski definition) is 7. The SMILES string of the molecule is CCOc1ccccc1/C=c1\sc2n(c1=O)[C@H](c1cc(Br)ccc1OC)C(C(=O)OC(C)C)=C(C)N=2. The van der Waals surface area contributed by atoms with Crippen LogP contribution in [-0.2, 0) is 9.53 Å². The third-order valence-electron chi connectivity index (χ3n) is 5.58. The molecule has 9 heteroatoms. The predicted octanol–water partition coefficient (Wildman–Crippen LogP) is 4.36. The number of nitrogens with zero attached hydrogens (tertiary/aromatic N) is 2. The van der Waals surface area contributed by atoms with Gasteiger partial charge in [0.05, 0.1) is 35.6 Å². The van der Waals surface area contributed by atoms with Gasteiger partial charge in [-0.3, -0.25) is 9.36 Å². The van der Waals surface area contributed by atoms with Gasteiger partial charge in [-0.05, 0) is 58.0 Å². The monoisotopic (exact) mass is 570 g/mol. The number of halogens is 1. The van der Waals surface area contributed by atoms with Crippen molar-refractivity contribution in [2.45, 2.75) is 39.8 Å². The molecule has 1 aromatic heterocycles. The van der Waals surface area contributed by atoms with Gasteiger partial charge < -0.3 is 14.2 Å². The van der Waals surface area contributed by atoms with Gasteiger partial charge >= 0.3 is 5.97 Å². The number of fused-ring (bicyclic) bond motifs is 1. The van der Waals surface area contributed by atoms with Gasteiger partial charge in [-0.2, -0.15) is 0 Å². The molecule has 3 aromatic rings. The summed E-state index contributed by atoms with van der Waals surface area (Å²) in [7, 11) is 1.56. The number of thiazole rings is 1. The van der Waals surface area contributed by atoms with Crippen molar-refractivity contribution in [3.05, 3.63) is 89.0 Å². The minimum Gasteiger partial charge on any atom is -0.496 e. The van der Waals surface area contributed by atoms with E-state index in [-0.39, 0.29) is 11.7 Å². The quantitative estimate of drug-likeness (QED) is 0.394. The number of esters is 1. The van der Waals surface area contributed by atoms with Gasteiger partial charge in [0.25, 0.3) is 5.56 Å². The maximum absolute atomic E-state index is 13.9. The fourth-order valence-corrected chi connectivity index (χ4v) is 5.52. The molecule has 0 bridgehead atoms. The van der Waals surface area contributed by atoms with Gasteiger partial charge in [-0.15, -0.1) is 0 Å². The maximum atomic E-state index is 13.9. The summed E-state index contributed by atoms with van der Waals surface area (Å²) in [6.07, 6.45) is 1.47. The summed E-state index contributed by atoms with van der Waals surface area (Å²) in [5, 5.41) is 0. The van der Waals surface area contributed by atoms with E-state index in [2.05, 4.69) is 20.9 Å². The summed E-state index contributed by atoms with van der Waals surface area (Å²) in [5.74, 6) is 0.715. The van der Waals surface area contributed by atoms with Crippen LogP contribution in [0.25, 0.3) is 6.08 Å². The average molecular weight is 571 g/mol. The fourth-order valence-electron chi connectivity index (χ4n) is 4.10. The first-order valence-corrected chi connectivity index (χ1v) is 13.1. The molecule has 0 fully saturated rings. The van der Waals surface area contributed by atoms with E-state index in [9.17, 15) is 9.59 Å². The molecule has 0 radical (unpaired) electrons. The van der Waals surface area contributed by atoms with E-state index < -0.39 is 12.0 Å². The molecule has 0 amide bonds. The molecule has 2 heterocycles. The van der Waals surface area contributed by atoms with E-state index >= 15 is 0 Å². The second-order valence-corrected chi connectivity index (χ2v) is 10.3. The Morgan fingerprint density at radius 1 is 1.22 bits per heavy atom. The van der Waals surface area contributed by atoms with Crippen molar-refractivity contribution in [1.29, 1.82) is 0 Å². The fraction of sp³-hybridized carbons (Fsp3) is 0.296. The van der Waals surface area contributed by atoms with Crippen molar-refractivity contribution in [2.24, 2.45) is 4.99 Å². The highest BCUT2D eigenvalue weighted by atomic mass is 79.9. The molecule has 7 nitrogen and oxygen atoms in total. The topological polar surface area (TPSA) is 79.1 Å². The zero-order valence-corrected chi connectivity index (χ0v) is 23.1. The van der Waals surface area contributed by atoms with E-state index in [1.165, 1.54) is 11.3 Å². The van der Waals surface area contributed by atoms with Gasteiger partial charge in [0.1, 0.15) is 17.5 Å². The highest BCUT2D eigenvalue weighted by Crippen LogP contribution is 2.37. The summed E-state index contributed by atoms with van der Waals surface area (Å²) < 4.78 is 19.8. The standard InChI is InChI=1S/C27H27BrN2O5S/c1-6-34-20-10-8-7-9-17(20)13-22-25(31)30-24(19-14-18(28)11-12-21(19)33-5)23(26(32)35-15(2)3)16(4)29-27(30)36-22/h7-15,24H,6H2,1-5H3/b22-13-/t24-/m1/s1. The molecule has 1 aliphatic heterocycles. The molecule has 0 saturated heterocycles. The van der Waals surface area contributed by atoms with Crippen molar-refractivity contribution in [3.63, 3.8) is 0 Å². The van der Waals surface area contributed by atoms with Crippen molar-refractivity contribution in [2.75, 3.05) is 13.7 Å². The Hall–Kier alpha value is -3.17. The van der Waals surface area contributed by atoms with Crippen LogP contribution in [-0.4, -0.2) is 30.4 Å². The van der Waals surface area contributed by atoms with Gasteiger partial charge in [0, 0.05) is 15.6 Å². The highest BCUT2D eigenvalue weighted by molar-refractivity contribution is 9.10. The third-order valence-corrected chi connectivity index (χ3v) is 7.05. The molecule has 0 unspecified atom stereocenters. The average Bonchev–Trinajstić information content (AvgIpc) is 3.13. The van der Waals surface area contributed by atoms with Crippen LogP contribution in [0.3, 0.4) is 0 Å². The Kier molecular flexibility index (Phi) is 7.80. The third kappa shape index (κ3) is 5.03. The first-order chi connectivity index (χ1) is 17.2. The molecule has 2 aromatic carbocycles. The molecule has 188 valence electrons. The Morgan fingerprint density at radius 3 is 2.67 bits per heavy atom. The number of methoxy groups -OCH3 is 1. The van der Waals surface area contributed by atoms with E-state index in [1.54, 1.807) is 44.6 Å². The molecule has 0 aliphatic carbocycles. The molecule has 0 saturated carbocycles. The number of hydrogen-bond donors (Lipinski definition) is 0. The zero-order valence-electron chi connectivity index (χ0n) is 20.7. The first-order valence-electron chi connectivity index (χ1n) is 11.5. The smallest absolute Gasteiger partial charge is 0.338 e. The lowest BCUT2D eigenvalue weighted by Crippen LogP contribution is -2.40. The van der Waals surface area contributed by atoms with Crippen molar-refractivity contribution in [1.82, 2.24) is 4.57 Å². The van der Waals surface area contributed by atoms with E-state index in [0.717, 1.165) is 10.0 Å². The molecule has 1 atom stereocenters. The largest absolute Gasteiger partial charge is 0.496 e. The summed E-state index contributed by atoms with van der Waals surface area (Å²) in [6, 6.07) is 12.3. The minimum atomic E-state index is -0.774. The Balaban J connectivity index is 2.00. The molecule has 1 aliphatic rings. The summed E-state index contributed by atoms with van der Waals surface area (Å²) in [6.45, 7) is 7.75. The number of carbonyl (C=O) groups is 1. The Morgan fingerprint density at radius 2 is 1.97 bits per heavy atom. The predicted molar refractivity (Wildman–Crippen MR) is 143 cm³/mol. The van der Waals surface area contributed by atoms with Crippen LogP contribution in [0.2, 0.25) is 0 Å². The van der Waals surface area contributed by atoms with Crippen molar-refractivity contribution < 1.29 is 19.0 Å².